The SMILES string of the molecule is Cc1c(C(=O)N(C)Cc2nc3ccccc3s2)[nH]c2c1C(=O)CCC2. The summed E-state index contributed by atoms with van der Waals surface area (Å²) in [4.78, 5) is 34.5. The van der Waals surface area contributed by atoms with Gasteiger partial charge in [0, 0.05) is 24.7 Å². The maximum atomic E-state index is 12.9. The van der Waals surface area contributed by atoms with E-state index in [1.54, 1.807) is 23.3 Å². The maximum Gasteiger partial charge on any atom is 0.270 e. The van der Waals surface area contributed by atoms with Crippen LogP contribution in [0.1, 0.15) is 50.0 Å². The summed E-state index contributed by atoms with van der Waals surface area (Å²) >= 11 is 1.60. The lowest BCUT2D eigenvalue weighted by molar-refractivity contribution is 0.0779. The fourth-order valence-corrected chi connectivity index (χ4v) is 4.46. The summed E-state index contributed by atoms with van der Waals surface area (Å²) in [6.45, 7) is 2.31. The Morgan fingerprint density at radius 3 is 2.88 bits per heavy atom. The highest BCUT2D eigenvalue weighted by atomic mass is 32.1. The fraction of sp³-hybridized carbons (Fsp3) is 0.316. The van der Waals surface area contributed by atoms with Gasteiger partial charge in [0.1, 0.15) is 10.7 Å². The second kappa shape index (κ2) is 6.11. The van der Waals surface area contributed by atoms with E-state index in [0.29, 0.717) is 18.7 Å². The molecule has 0 saturated heterocycles. The Morgan fingerprint density at radius 2 is 2.12 bits per heavy atom. The summed E-state index contributed by atoms with van der Waals surface area (Å²) in [5.74, 6) is 0.0434. The lowest BCUT2D eigenvalue weighted by Crippen LogP contribution is -2.27. The van der Waals surface area contributed by atoms with Crippen molar-refractivity contribution in [1.29, 1.82) is 0 Å². The smallest absolute Gasteiger partial charge is 0.270 e. The van der Waals surface area contributed by atoms with E-state index in [4.69, 9.17) is 0 Å². The number of hydrogen-bond acceptors (Lipinski definition) is 4. The van der Waals surface area contributed by atoms with Gasteiger partial charge in [-0.25, -0.2) is 4.98 Å². The van der Waals surface area contributed by atoms with Gasteiger partial charge in [0.25, 0.3) is 5.91 Å². The zero-order valence-corrected chi connectivity index (χ0v) is 15.1. The molecule has 0 unspecified atom stereocenters. The normalized spacial score (nSPS) is 13.9. The van der Waals surface area contributed by atoms with Crippen molar-refractivity contribution in [3.8, 4) is 0 Å². The third-order valence-corrected chi connectivity index (χ3v) is 5.73. The molecule has 128 valence electrons. The van der Waals surface area contributed by atoms with E-state index in [2.05, 4.69) is 9.97 Å². The molecule has 0 radical (unpaired) electrons. The number of ketones is 1. The first-order chi connectivity index (χ1) is 12.0. The predicted octanol–water partition coefficient (Wildman–Crippen LogP) is 3.72. The lowest BCUT2D eigenvalue weighted by atomic mass is 9.94. The number of aromatic amines is 1. The molecule has 1 aromatic carbocycles. The van der Waals surface area contributed by atoms with Crippen molar-refractivity contribution < 1.29 is 9.59 Å². The van der Waals surface area contributed by atoms with E-state index in [1.807, 2.05) is 31.2 Å². The van der Waals surface area contributed by atoms with Gasteiger partial charge in [-0.2, -0.15) is 0 Å². The third kappa shape index (κ3) is 2.76. The van der Waals surface area contributed by atoms with Crippen molar-refractivity contribution in [2.45, 2.75) is 32.7 Å². The zero-order chi connectivity index (χ0) is 17.6. The van der Waals surface area contributed by atoms with Crippen molar-refractivity contribution in [3.05, 3.63) is 51.8 Å². The maximum absolute atomic E-state index is 12.9. The van der Waals surface area contributed by atoms with Crippen molar-refractivity contribution in [2.75, 3.05) is 7.05 Å². The number of hydrogen-bond donors (Lipinski definition) is 1. The lowest BCUT2D eigenvalue weighted by Gasteiger charge is -2.15. The van der Waals surface area contributed by atoms with E-state index in [0.717, 1.165) is 44.9 Å². The first kappa shape index (κ1) is 16.0. The highest BCUT2D eigenvalue weighted by molar-refractivity contribution is 7.18. The molecule has 25 heavy (non-hydrogen) atoms. The molecular weight excluding hydrogens is 334 g/mol. The summed E-state index contributed by atoms with van der Waals surface area (Å²) in [5.41, 5.74) is 3.90. The van der Waals surface area contributed by atoms with Gasteiger partial charge in [0.05, 0.1) is 16.8 Å². The largest absolute Gasteiger partial charge is 0.354 e. The molecule has 0 bridgehead atoms. The molecule has 0 atom stereocenters. The fourth-order valence-electron chi connectivity index (χ4n) is 3.44. The number of carbonyl (C=O) groups excluding carboxylic acids is 2. The molecule has 0 aliphatic heterocycles. The molecule has 2 heterocycles. The molecule has 3 aromatic rings. The number of carbonyl (C=O) groups is 2. The summed E-state index contributed by atoms with van der Waals surface area (Å²) < 4.78 is 1.12. The average Bonchev–Trinajstić information content (AvgIpc) is 3.15. The van der Waals surface area contributed by atoms with Crippen LogP contribution in [0.25, 0.3) is 10.2 Å². The molecule has 2 aromatic heterocycles. The number of amides is 1. The molecule has 0 saturated carbocycles. The first-order valence-electron chi connectivity index (χ1n) is 8.39. The second-order valence-corrected chi connectivity index (χ2v) is 7.61. The number of aromatic nitrogens is 2. The molecule has 6 heteroatoms. The van der Waals surface area contributed by atoms with Crippen molar-refractivity contribution in [2.24, 2.45) is 0 Å². The summed E-state index contributed by atoms with van der Waals surface area (Å²) in [7, 11) is 1.77. The van der Waals surface area contributed by atoms with Crippen molar-refractivity contribution in [3.63, 3.8) is 0 Å². The van der Waals surface area contributed by atoms with E-state index in [-0.39, 0.29) is 11.7 Å². The quantitative estimate of drug-likeness (QED) is 0.780. The molecular formula is C19H19N3O2S. The average molecular weight is 353 g/mol. The van der Waals surface area contributed by atoms with Crippen LogP contribution in [0, 0.1) is 6.92 Å². The van der Waals surface area contributed by atoms with Gasteiger partial charge in [-0.1, -0.05) is 12.1 Å². The van der Waals surface area contributed by atoms with Crippen LogP contribution in [-0.2, 0) is 13.0 Å². The van der Waals surface area contributed by atoms with Crippen LogP contribution >= 0.6 is 11.3 Å². The van der Waals surface area contributed by atoms with Crippen LogP contribution < -0.4 is 0 Å². The molecule has 4 rings (SSSR count). The first-order valence-corrected chi connectivity index (χ1v) is 9.21. The highest BCUT2D eigenvalue weighted by Crippen LogP contribution is 2.28. The Bertz CT molecular complexity index is 953. The van der Waals surface area contributed by atoms with E-state index in [9.17, 15) is 9.59 Å². The number of nitrogens with zero attached hydrogens (tertiary/aromatic N) is 2. The number of Topliss-reactive ketones (excluding diaryl/α,β-unsaturated/α-hetero) is 1. The van der Waals surface area contributed by atoms with Gasteiger partial charge in [-0.15, -0.1) is 11.3 Å². The Labute approximate surface area is 149 Å². The molecule has 0 fully saturated rings. The number of benzene rings is 1. The zero-order valence-electron chi connectivity index (χ0n) is 14.3. The van der Waals surface area contributed by atoms with E-state index in [1.165, 1.54) is 0 Å². The van der Waals surface area contributed by atoms with Crippen LogP contribution in [0.5, 0.6) is 0 Å². The van der Waals surface area contributed by atoms with Gasteiger partial charge < -0.3 is 9.88 Å². The number of para-hydroxylation sites is 1. The standard InChI is InChI=1S/C19H19N3O2S/c1-11-17-13(7-5-8-14(17)23)21-18(11)19(24)22(2)10-16-20-12-6-3-4-9-15(12)25-16/h3-4,6,9,21H,5,7-8,10H2,1-2H3. The number of aryl methyl sites for hydroxylation is 1. The molecule has 1 aliphatic rings. The minimum absolute atomic E-state index is 0.0982. The minimum Gasteiger partial charge on any atom is -0.354 e. The third-order valence-electron chi connectivity index (χ3n) is 4.71. The number of fused-ring (bicyclic) bond motifs is 2. The second-order valence-electron chi connectivity index (χ2n) is 6.49. The van der Waals surface area contributed by atoms with Gasteiger partial charge in [0.15, 0.2) is 5.78 Å². The molecule has 5 nitrogen and oxygen atoms in total. The van der Waals surface area contributed by atoms with Gasteiger partial charge in [-0.3, -0.25) is 9.59 Å². The van der Waals surface area contributed by atoms with Crippen LogP contribution in [0.3, 0.4) is 0 Å². The van der Waals surface area contributed by atoms with E-state index >= 15 is 0 Å². The van der Waals surface area contributed by atoms with Crippen LogP contribution in [-0.4, -0.2) is 33.6 Å². The molecule has 1 amide bonds. The Morgan fingerprint density at radius 1 is 1.32 bits per heavy atom. The Hall–Kier alpha value is -2.47. The van der Waals surface area contributed by atoms with Crippen LogP contribution in [0.2, 0.25) is 0 Å². The summed E-state index contributed by atoms with van der Waals surface area (Å²) in [6, 6.07) is 7.96. The van der Waals surface area contributed by atoms with Gasteiger partial charge >= 0.3 is 0 Å². The summed E-state index contributed by atoms with van der Waals surface area (Å²) in [6.07, 6.45) is 2.25. The molecule has 1 aliphatic carbocycles. The van der Waals surface area contributed by atoms with E-state index < -0.39 is 0 Å². The summed E-state index contributed by atoms with van der Waals surface area (Å²) in [5, 5.41) is 0.905. The number of rotatable bonds is 3. The predicted molar refractivity (Wildman–Crippen MR) is 98.2 cm³/mol. The Balaban J connectivity index is 1.59. The highest BCUT2D eigenvalue weighted by Gasteiger charge is 2.27. The van der Waals surface area contributed by atoms with Crippen molar-refractivity contribution >= 4 is 33.2 Å². The molecule has 1 N–H and O–H groups in total. The number of H-pyrrole nitrogens is 1. The van der Waals surface area contributed by atoms with Crippen LogP contribution in [0.4, 0.5) is 0 Å². The van der Waals surface area contributed by atoms with Crippen LogP contribution in [0.15, 0.2) is 24.3 Å². The van der Waals surface area contributed by atoms with Gasteiger partial charge in [0.2, 0.25) is 0 Å². The number of nitrogens with one attached hydrogen (secondary N) is 1. The minimum atomic E-state index is -0.0982. The monoisotopic (exact) mass is 353 g/mol. The Kier molecular flexibility index (Phi) is 3.92. The topological polar surface area (TPSA) is 66.1 Å². The van der Waals surface area contributed by atoms with Gasteiger partial charge in [-0.05, 0) is 37.5 Å². The van der Waals surface area contributed by atoms with Crippen molar-refractivity contribution in [1.82, 2.24) is 14.9 Å². The number of thiazole rings is 1. The molecule has 0 spiro atoms.